The van der Waals surface area contributed by atoms with E-state index in [-0.39, 0.29) is 34.4 Å². The Bertz CT molecular complexity index is 1230. The molecule has 2 amide bonds. The molecule has 174 valence electrons. The number of carbonyl (C=O) groups excluding carboxylic acids is 2. The maximum absolute atomic E-state index is 12.4. The molecule has 6 nitrogen and oxygen atoms in total. The number of phenols is 2. The number of aromatic hydroxyl groups is 2. The second-order valence-electron chi connectivity index (χ2n) is 8.36. The molecule has 4 rings (SSSR count). The van der Waals surface area contributed by atoms with Crippen LogP contribution in [0.3, 0.4) is 0 Å². The fourth-order valence-electron chi connectivity index (χ4n) is 4.02. The van der Waals surface area contributed by atoms with E-state index in [1.165, 1.54) is 0 Å². The molecular formula is C28H28N2O4. The number of phenolic OH excluding ortho intramolecular Hbond substituents is 2. The lowest BCUT2D eigenvalue weighted by Crippen LogP contribution is -2.25. The van der Waals surface area contributed by atoms with Gasteiger partial charge in [-0.2, -0.15) is 0 Å². The van der Waals surface area contributed by atoms with E-state index >= 15 is 0 Å². The highest BCUT2D eigenvalue weighted by Crippen LogP contribution is 2.26. The minimum absolute atomic E-state index is 0.0237. The van der Waals surface area contributed by atoms with Gasteiger partial charge in [-0.05, 0) is 58.7 Å². The Balaban J connectivity index is 1.15. The van der Waals surface area contributed by atoms with E-state index in [2.05, 4.69) is 10.6 Å². The van der Waals surface area contributed by atoms with Gasteiger partial charge >= 0.3 is 0 Å². The number of unbranched alkanes of at least 4 members (excludes halogenated alkanes) is 3. The predicted molar refractivity (Wildman–Crippen MR) is 134 cm³/mol. The van der Waals surface area contributed by atoms with E-state index < -0.39 is 0 Å². The molecule has 0 unspecified atom stereocenters. The van der Waals surface area contributed by atoms with Crippen molar-refractivity contribution < 1.29 is 19.8 Å². The van der Waals surface area contributed by atoms with Gasteiger partial charge in [0.15, 0.2) is 0 Å². The first-order valence-electron chi connectivity index (χ1n) is 11.5. The molecule has 0 aromatic heterocycles. The van der Waals surface area contributed by atoms with E-state index in [1.54, 1.807) is 24.3 Å². The van der Waals surface area contributed by atoms with E-state index in [0.717, 1.165) is 47.2 Å². The Morgan fingerprint density at radius 3 is 1.29 bits per heavy atom. The number of carbonyl (C=O) groups is 2. The lowest BCUT2D eigenvalue weighted by Gasteiger charge is -2.09. The normalized spacial score (nSPS) is 10.9. The summed E-state index contributed by atoms with van der Waals surface area (Å²) in [4.78, 5) is 24.8. The van der Waals surface area contributed by atoms with Crippen molar-refractivity contribution in [3.63, 3.8) is 0 Å². The number of amides is 2. The van der Waals surface area contributed by atoms with E-state index in [9.17, 15) is 19.8 Å². The lowest BCUT2D eigenvalue weighted by molar-refractivity contribution is 0.0940. The van der Waals surface area contributed by atoms with Crippen LogP contribution in [0.25, 0.3) is 21.5 Å². The first-order chi connectivity index (χ1) is 16.5. The molecule has 0 fully saturated rings. The third kappa shape index (κ3) is 5.46. The van der Waals surface area contributed by atoms with Crippen molar-refractivity contribution in [2.24, 2.45) is 0 Å². The van der Waals surface area contributed by atoms with Gasteiger partial charge in [-0.1, -0.05) is 61.4 Å². The number of benzene rings is 4. The third-order valence-electron chi connectivity index (χ3n) is 5.89. The van der Waals surface area contributed by atoms with Crippen LogP contribution in [0.1, 0.15) is 46.4 Å². The number of hydrogen-bond acceptors (Lipinski definition) is 4. The van der Waals surface area contributed by atoms with Crippen molar-refractivity contribution in [1.29, 1.82) is 0 Å². The molecule has 0 spiro atoms. The molecule has 0 aliphatic heterocycles. The first kappa shape index (κ1) is 23.1. The largest absolute Gasteiger partial charge is 0.507 e. The van der Waals surface area contributed by atoms with Gasteiger partial charge in [-0.15, -0.1) is 0 Å². The summed E-state index contributed by atoms with van der Waals surface area (Å²) in [5.41, 5.74) is 0.553. The van der Waals surface area contributed by atoms with Crippen LogP contribution in [-0.4, -0.2) is 35.1 Å². The summed E-state index contributed by atoms with van der Waals surface area (Å²) < 4.78 is 0. The number of rotatable bonds is 9. The van der Waals surface area contributed by atoms with Crippen molar-refractivity contribution in [3.05, 3.63) is 83.9 Å². The Kier molecular flexibility index (Phi) is 7.28. The third-order valence-corrected chi connectivity index (χ3v) is 5.89. The molecule has 4 N–H and O–H groups in total. The molecule has 0 aliphatic carbocycles. The molecule has 6 heteroatoms. The second kappa shape index (κ2) is 10.7. The zero-order valence-corrected chi connectivity index (χ0v) is 18.9. The van der Waals surface area contributed by atoms with Crippen LogP contribution in [0.2, 0.25) is 0 Å². The van der Waals surface area contributed by atoms with Gasteiger partial charge in [0, 0.05) is 13.1 Å². The van der Waals surface area contributed by atoms with Crippen LogP contribution in [-0.2, 0) is 0 Å². The Hall–Kier alpha value is -4.06. The predicted octanol–water partition coefficient (Wildman–Crippen LogP) is 5.12. The maximum Gasteiger partial charge on any atom is 0.255 e. The van der Waals surface area contributed by atoms with Gasteiger partial charge in [0.25, 0.3) is 11.8 Å². The summed E-state index contributed by atoms with van der Waals surface area (Å²) in [6.07, 6.45) is 3.42. The fraction of sp³-hybridized carbons (Fsp3) is 0.214. The summed E-state index contributed by atoms with van der Waals surface area (Å²) in [7, 11) is 0. The van der Waals surface area contributed by atoms with Crippen LogP contribution in [0, 0.1) is 0 Å². The Morgan fingerprint density at radius 2 is 0.912 bits per heavy atom. The van der Waals surface area contributed by atoms with Gasteiger partial charge < -0.3 is 20.8 Å². The fourth-order valence-corrected chi connectivity index (χ4v) is 4.02. The highest BCUT2D eigenvalue weighted by molar-refractivity contribution is 6.02. The van der Waals surface area contributed by atoms with E-state index in [0.29, 0.717) is 13.1 Å². The number of fused-ring (bicyclic) bond motifs is 2. The quantitative estimate of drug-likeness (QED) is 0.263. The van der Waals surface area contributed by atoms with Gasteiger partial charge in [-0.3, -0.25) is 9.59 Å². The van der Waals surface area contributed by atoms with Gasteiger partial charge in [0.1, 0.15) is 11.5 Å². The minimum Gasteiger partial charge on any atom is -0.507 e. The van der Waals surface area contributed by atoms with Crippen molar-refractivity contribution in [2.45, 2.75) is 25.7 Å². The van der Waals surface area contributed by atoms with E-state index in [4.69, 9.17) is 0 Å². The van der Waals surface area contributed by atoms with E-state index in [1.807, 2.05) is 48.5 Å². The monoisotopic (exact) mass is 456 g/mol. The number of hydrogen-bond donors (Lipinski definition) is 4. The zero-order valence-electron chi connectivity index (χ0n) is 18.9. The Morgan fingerprint density at radius 1 is 0.559 bits per heavy atom. The average Bonchev–Trinajstić information content (AvgIpc) is 2.84. The average molecular weight is 457 g/mol. The SMILES string of the molecule is O=C(NCCCCCCNC(=O)c1cc2ccccc2cc1O)c1cc2ccccc2cc1O. The van der Waals surface area contributed by atoms with Gasteiger partial charge in [-0.25, -0.2) is 0 Å². The van der Waals surface area contributed by atoms with Crippen molar-refractivity contribution in [2.75, 3.05) is 13.1 Å². The highest BCUT2D eigenvalue weighted by atomic mass is 16.3. The molecule has 0 heterocycles. The van der Waals surface area contributed by atoms with Gasteiger partial charge in [0.2, 0.25) is 0 Å². The molecule has 34 heavy (non-hydrogen) atoms. The number of nitrogens with one attached hydrogen (secondary N) is 2. The van der Waals surface area contributed by atoms with Crippen LogP contribution >= 0.6 is 0 Å². The van der Waals surface area contributed by atoms with Crippen molar-refractivity contribution >= 4 is 33.4 Å². The summed E-state index contributed by atoms with van der Waals surface area (Å²) >= 11 is 0. The molecule has 0 aliphatic rings. The summed E-state index contributed by atoms with van der Waals surface area (Å²) in [6, 6.07) is 21.8. The lowest BCUT2D eigenvalue weighted by atomic mass is 10.1. The maximum atomic E-state index is 12.4. The molecule has 0 saturated heterocycles. The van der Waals surface area contributed by atoms with Crippen LogP contribution in [0.15, 0.2) is 72.8 Å². The van der Waals surface area contributed by atoms with Crippen LogP contribution in [0.4, 0.5) is 0 Å². The molecule has 4 aromatic rings. The minimum atomic E-state index is -0.286. The molecule has 4 aromatic carbocycles. The van der Waals surface area contributed by atoms with Crippen molar-refractivity contribution in [1.82, 2.24) is 10.6 Å². The Labute approximate surface area is 198 Å². The molecular weight excluding hydrogens is 428 g/mol. The summed E-state index contributed by atoms with van der Waals surface area (Å²) in [6.45, 7) is 1.03. The topological polar surface area (TPSA) is 98.7 Å². The van der Waals surface area contributed by atoms with Crippen molar-refractivity contribution in [3.8, 4) is 11.5 Å². The highest BCUT2D eigenvalue weighted by Gasteiger charge is 2.13. The second-order valence-corrected chi connectivity index (χ2v) is 8.36. The van der Waals surface area contributed by atoms with Crippen LogP contribution < -0.4 is 10.6 Å². The smallest absolute Gasteiger partial charge is 0.255 e. The molecule has 0 radical (unpaired) electrons. The molecule has 0 atom stereocenters. The van der Waals surface area contributed by atoms with Crippen LogP contribution in [0.5, 0.6) is 11.5 Å². The van der Waals surface area contributed by atoms with Gasteiger partial charge in [0.05, 0.1) is 11.1 Å². The molecule has 0 saturated carbocycles. The standard InChI is InChI=1S/C28H28N2O4/c31-25-17-21-11-5-3-9-19(21)15-23(25)27(33)29-13-7-1-2-8-14-30-28(34)24-16-20-10-4-6-12-22(20)18-26(24)32/h3-6,9-12,15-18,31-32H,1-2,7-8,13-14H2,(H,29,33)(H,30,34). The first-order valence-corrected chi connectivity index (χ1v) is 11.5. The summed E-state index contributed by atoms with van der Waals surface area (Å²) in [5.74, 6) is -0.620. The summed E-state index contributed by atoms with van der Waals surface area (Å²) in [5, 5.41) is 29.6. The zero-order chi connectivity index (χ0) is 23.9. The molecule has 0 bridgehead atoms.